The molecule has 1 aromatic carbocycles. The zero-order valence-electron chi connectivity index (χ0n) is 9.68. The molecule has 0 fully saturated rings. The first-order valence-corrected chi connectivity index (χ1v) is 6.80. The number of furan rings is 1. The van der Waals surface area contributed by atoms with Gasteiger partial charge in [-0.05, 0) is 40.2 Å². The van der Waals surface area contributed by atoms with Crippen LogP contribution in [0.15, 0.2) is 51.5 Å². The predicted octanol–water partition coefficient (Wildman–Crippen LogP) is 4.33. The van der Waals surface area contributed by atoms with Gasteiger partial charge in [0, 0.05) is 16.1 Å². The SMILES string of the molecule is OC(c1ccc(Br)cn1)c1cc2cccc(Cl)c2o1. The lowest BCUT2D eigenvalue weighted by atomic mass is 10.1. The highest BCUT2D eigenvalue weighted by atomic mass is 79.9. The molecule has 19 heavy (non-hydrogen) atoms. The Morgan fingerprint density at radius 1 is 1.26 bits per heavy atom. The number of para-hydroxylation sites is 1. The van der Waals surface area contributed by atoms with E-state index in [-0.39, 0.29) is 0 Å². The Morgan fingerprint density at radius 2 is 2.11 bits per heavy atom. The molecule has 96 valence electrons. The Hall–Kier alpha value is -1.36. The van der Waals surface area contributed by atoms with Crippen LogP contribution in [0.2, 0.25) is 5.02 Å². The molecule has 0 aliphatic rings. The summed E-state index contributed by atoms with van der Waals surface area (Å²) in [4.78, 5) is 4.16. The molecule has 0 spiro atoms. The first-order chi connectivity index (χ1) is 9.15. The van der Waals surface area contributed by atoms with Crippen molar-refractivity contribution in [1.82, 2.24) is 4.98 Å². The molecule has 2 heterocycles. The average molecular weight is 339 g/mol. The Balaban J connectivity index is 2.04. The Kier molecular flexibility index (Phi) is 3.31. The fourth-order valence-electron chi connectivity index (χ4n) is 1.88. The lowest BCUT2D eigenvalue weighted by Gasteiger charge is -2.06. The number of halogens is 2. The monoisotopic (exact) mass is 337 g/mol. The minimum atomic E-state index is -0.906. The van der Waals surface area contributed by atoms with Crippen LogP contribution in [0.5, 0.6) is 0 Å². The van der Waals surface area contributed by atoms with Gasteiger partial charge < -0.3 is 9.52 Å². The number of aliphatic hydroxyl groups is 1. The quantitative estimate of drug-likeness (QED) is 0.756. The molecule has 3 nitrogen and oxygen atoms in total. The van der Waals surface area contributed by atoms with Crippen molar-refractivity contribution in [3.63, 3.8) is 0 Å². The second kappa shape index (κ2) is 4.96. The van der Waals surface area contributed by atoms with Crippen molar-refractivity contribution in [3.8, 4) is 0 Å². The van der Waals surface area contributed by atoms with Gasteiger partial charge in [0.1, 0.15) is 5.76 Å². The van der Waals surface area contributed by atoms with Crippen LogP contribution in [-0.2, 0) is 0 Å². The van der Waals surface area contributed by atoms with Crippen LogP contribution in [-0.4, -0.2) is 10.1 Å². The average Bonchev–Trinajstić information content (AvgIpc) is 2.84. The number of aromatic nitrogens is 1. The summed E-state index contributed by atoms with van der Waals surface area (Å²) in [5, 5.41) is 11.6. The van der Waals surface area contributed by atoms with E-state index in [0.29, 0.717) is 22.1 Å². The van der Waals surface area contributed by atoms with Gasteiger partial charge in [0.2, 0.25) is 0 Å². The van der Waals surface area contributed by atoms with Gasteiger partial charge in [-0.2, -0.15) is 0 Å². The Bertz CT molecular complexity index is 724. The van der Waals surface area contributed by atoms with E-state index in [0.717, 1.165) is 9.86 Å². The molecule has 0 saturated heterocycles. The third-order valence-corrected chi connectivity index (χ3v) is 3.58. The summed E-state index contributed by atoms with van der Waals surface area (Å²) in [6.07, 6.45) is 0.727. The Labute approximate surface area is 123 Å². The molecule has 0 aliphatic heterocycles. The third-order valence-electron chi connectivity index (χ3n) is 2.82. The summed E-state index contributed by atoms with van der Waals surface area (Å²) < 4.78 is 6.47. The number of aliphatic hydroxyl groups excluding tert-OH is 1. The molecule has 3 aromatic rings. The van der Waals surface area contributed by atoms with E-state index in [1.165, 1.54) is 0 Å². The zero-order valence-corrected chi connectivity index (χ0v) is 12.0. The maximum atomic E-state index is 10.3. The maximum absolute atomic E-state index is 10.3. The number of rotatable bonds is 2. The molecular formula is C14H9BrClNO2. The van der Waals surface area contributed by atoms with E-state index < -0.39 is 6.10 Å². The van der Waals surface area contributed by atoms with Gasteiger partial charge in [0.25, 0.3) is 0 Å². The van der Waals surface area contributed by atoms with Crippen LogP contribution < -0.4 is 0 Å². The molecule has 3 rings (SSSR count). The molecule has 0 saturated carbocycles. The summed E-state index contributed by atoms with van der Waals surface area (Å²) >= 11 is 9.35. The standard InChI is InChI=1S/C14H9BrClNO2/c15-9-4-5-11(17-7-9)13(18)12-6-8-2-1-3-10(16)14(8)19-12/h1-7,13,18H. The van der Waals surface area contributed by atoms with Crippen molar-refractivity contribution >= 4 is 38.5 Å². The maximum Gasteiger partial charge on any atom is 0.153 e. The minimum Gasteiger partial charge on any atom is -0.456 e. The normalized spacial score (nSPS) is 12.8. The number of pyridine rings is 1. The van der Waals surface area contributed by atoms with Crippen molar-refractivity contribution in [2.45, 2.75) is 6.10 Å². The van der Waals surface area contributed by atoms with E-state index in [1.54, 1.807) is 24.4 Å². The van der Waals surface area contributed by atoms with Crippen LogP contribution in [0, 0.1) is 0 Å². The van der Waals surface area contributed by atoms with Gasteiger partial charge in [-0.15, -0.1) is 0 Å². The van der Waals surface area contributed by atoms with Gasteiger partial charge in [-0.3, -0.25) is 4.98 Å². The first-order valence-electron chi connectivity index (χ1n) is 5.62. The molecule has 0 amide bonds. The second-order valence-corrected chi connectivity index (χ2v) is 5.43. The van der Waals surface area contributed by atoms with Crippen molar-refractivity contribution in [2.75, 3.05) is 0 Å². The topological polar surface area (TPSA) is 46.3 Å². The molecule has 2 aromatic heterocycles. The summed E-state index contributed by atoms with van der Waals surface area (Å²) in [6.45, 7) is 0. The molecule has 1 atom stereocenters. The predicted molar refractivity (Wildman–Crippen MR) is 77.2 cm³/mol. The van der Waals surface area contributed by atoms with E-state index >= 15 is 0 Å². The van der Waals surface area contributed by atoms with E-state index in [9.17, 15) is 5.11 Å². The molecule has 1 N–H and O–H groups in total. The number of fused-ring (bicyclic) bond motifs is 1. The Morgan fingerprint density at radius 3 is 2.79 bits per heavy atom. The number of hydrogen-bond acceptors (Lipinski definition) is 3. The van der Waals surface area contributed by atoms with Crippen molar-refractivity contribution in [2.24, 2.45) is 0 Å². The van der Waals surface area contributed by atoms with Crippen molar-refractivity contribution < 1.29 is 9.52 Å². The third kappa shape index (κ3) is 2.39. The highest BCUT2D eigenvalue weighted by molar-refractivity contribution is 9.10. The summed E-state index contributed by atoms with van der Waals surface area (Å²) in [5.74, 6) is 0.429. The van der Waals surface area contributed by atoms with Gasteiger partial charge >= 0.3 is 0 Å². The lowest BCUT2D eigenvalue weighted by Crippen LogP contribution is -2.00. The van der Waals surface area contributed by atoms with E-state index in [2.05, 4.69) is 20.9 Å². The molecule has 0 aliphatic carbocycles. The van der Waals surface area contributed by atoms with Crippen LogP contribution in [0.1, 0.15) is 17.6 Å². The fraction of sp³-hybridized carbons (Fsp3) is 0.0714. The number of benzene rings is 1. The molecular weight excluding hydrogens is 330 g/mol. The molecule has 0 bridgehead atoms. The molecule has 1 unspecified atom stereocenters. The highest BCUT2D eigenvalue weighted by Gasteiger charge is 2.17. The smallest absolute Gasteiger partial charge is 0.153 e. The fourth-order valence-corrected chi connectivity index (χ4v) is 2.33. The van der Waals surface area contributed by atoms with Crippen LogP contribution in [0.25, 0.3) is 11.0 Å². The van der Waals surface area contributed by atoms with Crippen molar-refractivity contribution in [3.05, 3.63) is 63.5 Å². The van der Waals surface area contributed by atoms with Gasteiger partial charge in [-0.1, -0.05) is 23.7 Å². The van der Waals surface area contributed by atoms with Crippen LogP contribution in [0.3, 0.4) is 0 Å². The second-order valence-electron chi connectivity index (χ2n) is 4.11. The van der Waals surface area contributed by atoms with Crippen LogP contribution in [0.4, 0.5) is 0 Å². The van der Waals surface area contributed by atoms with Gasteiger partial charge in [0.05, 0.1) is 10.7 Å². The van der Waals surface area contributed by atoms with Crippen molar-refractivity contribution in [1.29, 1.82) is 0 Å². The van der Waals surface area contributed by atoms with Crippen LogP contribution >= 0.6 is 27.5 Å². The van der Waals surface area contributed by atoms with E-state index in [4.69, 9.17) is 16.0 Å². The highest BCUT2D eigenvalue weighted by Crippen LogP contribution is 2.31. The molecule has 0 radical (unpaired) electrons. The summed E-state index contributed by atoms with van der Waals surface area (Å²) in [6, 6.07) is 10.8. The first kappa shape index (κ1) is 12.7. The van der Waals surface area contributed by atoms with E-state index in [1.807, 2.05) is 18.2 Å². The number of nitrogens with zero attached hydrogens (tertiary/aromatic N) is 1. The largest absolute Gasteiger partial charge is 0.456 e. The van der Waals surface area contributed by atoms with Gasteiger partial charge in [0.15, 0.2) is 11.7 Å². The number of hydrogen-bond donors (Lipinski definition) is 1. The summed E-state index contributed by atoms with van der Waals surface area (Å²) in [7, 11) is 0. The summed E-state index contributed by atoms with van der Waals surface area (Å²) in [5.41, 5.74) is 1.11. The molecule has 5 heteroatoms. The lowest BCUT2D eigenvalue weighted by molar-refractivity contribution is 0.187. The zero-order chi connectivity index (χ0) is 13.4. The minimum absolute atomic E-state index is 0.429. The van der Waals surface area contributed by atoms with Gasteiger partial charge in [-0.25, -0.2) is 0 Å².